The molecule has 17 heteroatoms. The molecule has 0 bridgehead atoms. The molecule has 10 atom stereocenters. The van der Waals surface area contributed by atoms with Crippen LogP contribution in [0.25, 0.3) is 22.1 Å². The van der Waals surface area contributed by atoms with E-state index in [4.69, 9.17) is 32.8 Å². The molecule has 12 N–H and O–H groups in total. The average molecular weight is 645 g/mol. The zero-order valence-electron chi connectivity index (χ0n) is 23.7. The molecule has 0 unspecified atom stereocenters. The van der Waals surface area contributed by atoms with Crippen LogP contribution in [0, 0.1) is 0 Å². The normalized spacial score (nSPS) is 32.2. The lowest BCUT2D eigenvalue weighted by molar-refractivity contribution is -0.318. The van der Waals surface area contributed by atoms with Crippen LogP contribution in [-0.2, 0) is 14.2 Å². The van der Waals surface area contributed by atoms with Gasteiger partial charge in [0, 0.05) is 6.07 Å². The zero-order chi connectivity index (χ0) is 29.7. The molecule has 3 aromatic rings. The number of hydrogen-bond acceptors (Lipinski definition) is 14. The summed E-state index contributed by atoms with van der Waals surface area (Å²) in [5, 5.41) is 61.7. The summed E-state index contributed by atoms with van der Waals surface area (Å²) >= 11 is 0. The zero-order valence-corrected chi connectivity index (χ0v) is 23.7. The van der Waals surface area contributed by atoms with Crippen LogP contribution in [0.3, 0.4) is 0 Å². The van der Waals surface area contributed by atoms with Crippen molar-refractivity contribution in [2.24, 2.45) is 0 Å². The van der Waals surface area contributed by atoms with Gasteiger partial charge in [-0.2, -0.15) is 0 Å². The Morgan fingerprint density at radius 3 is 2.22 bits per heavy atom. The Morgan fingerprint density at radius 1 is 0.778 bits per heavy atom. The van der Waals surface area contributed by atoms with Crippen LogP contribution in [-0.4, -0.2) is 122 Å². The van der Waals surface area contributed by atoms with E-state index in [1.165, 1.54) is 31.4 Å². The fourth-order valence-corrected chi connectivity index (χ4v) is 5.07. The van der Waals surface area contributed by atoms with Gasteiger partial charge in [0.15, 0.2) is 23.2 Å². The van der Waals surface area contributed by atoms with Crippen molar-refractivity contribution in [3.05, 3.63) is 52.9 Å². The molecular formula is C28H36O17. The molecule has 2 fully saturated rings. The number of hydrogen-bond donors (Lipinski definition) is 6. The Balaban J connectivity index is 0.00000184. The first-order valence-corrected chi connectivity index (χ1v) is 13.3. The maximum Gasteiger partial charge on any atom is 0.231 e. The molecule has 17 nitrogen and oxygen atoms in total. The van der Waals surface area contributed by atoms with Gasteiger partial charge in [0.25, 0.3) is 0 Å². The van der Waals surface area contributed by atoms with Gasteiger partial charge in [-0.15, -0.1) is 0 Å². The topological polar surface area (TPSA) is 301 Å². The highest BCUT2D eigenvalue weighted by Gasteiger charge is 2.47. The summed E-state index contributed by atoms with van der Waals surface area (Å²) in [5.41, 5.74) is 0.779. The van der Waals surface area contributed by atoms with E-state index in [2.05, 4.69) is 0 Å². The summed E-state index contributed by atoms with van der Waals surface area (Å²) in [7, 11) is 0. The van der Waals surface area contributed by atoms with Gasteiger partial charge >= 0.3 is 0 Å². The van der Waals surface area contributed by atoms with E-state index < -0.39 is 68.0 Å². The van der Waals surface area contributed by atoms with Crippen LogP contribution in [0.4, 0.5) is 0 Å². The van der Waals surface area contributed by atoms with E-state index in [0.29, 0.717) is 22.6 Å². The second-order valence-corrected chi connectivity index (χ2v) is 10.4. The minimum Gasteiger partial charge on any atom is -0.463 e. The molecule has 0 saturated carbocycles. The number of aliphatic hydroxyl groups is 6. The predicted octanol–water partition coefficient (Wildman–Crippen LogP) is -3.25. The van der Waals surface area contributed by atoms with E-state index >= 15 is 0 Å². The van der Waals surface area contributed by atoms with Crippen LogP contribution in [0.1, 0.15) is 6.92 Å². The number of ether oxygens (including phenoxy) is 6. The van der Waals surface area contributed by atoms with Crippen LogP contribution < -0.4 is 19.6 Å². The Kier molecular flexibility index (Phi) is 11.5. The highest BCUT2D eigenvalue weighted by atomic mass is 16.7. The molecular weight excluding hydrogens is 608 g/mol. The van der Waals surface area contributed by atoms with E-state index in [0.717, 1.165) is 0 Å². The second-order valence-electron chi connectivity index (χ2n) is 10.4. The van der Waals surface area contributed by atoms with Gasteiger partial charge in [0.05, 0.1) is 23.7 Å². The highest BCUT2D eigenvalue weighted by Crippen LogP contribution is 2.36. The lowest BCUT2D eigenvalue weighted by Gasteiger charge is -2.42. The molecule has 0 spiro atoms. The van der Waals surface area contributed by atoms with Crippen molar-refractivity contribution >= 4 is 11.0 Å². The minimum atomic E-state index is -1.69. The summed E-state index contributed by atoms with van der Waals surface area (Å²) in [6, 6.07) is 9.47. The van der Waals surface area contributed by atoms with Crippen LogP contribution >= 0.6 is 0 Å². The first kappa shape index (κ1) is 36.0. The van der Waals surface area contributed by atoms with E-state index in [1.807, 2.05) is 0 Å². The van der Waals surface area contributed by atoms with Crippen molar-refractivity contribution in [1.29, 1.82) is 0 Å². The molecule has 3 aliphatic heterocycles. The SMILES string of the molecule is C[C@@H]1O[C@@H](OC[C@H]2O[C@@H](Oc3ccc4c(=O)c(-c5ccc6c(c5)OCO6)coc4c3)[C@H](O)[C@@H](O)[C@@H]2O)[C@H](O)[C@H](O)[C@H]1O.O.O.O. The van der Waals surface area contributed by atoms with E-state index in [-0.39, 0.29) is 45.4 Å². The summed E-state index contributed by atoms with van der Waals surface area (Å²) in [4.78, 5) is 13.2. The Hall–Kier alpha value is -3.43. The van der Waals surface area contributed by atoms with Crippen molar-refractivity contribution in [2.75, 3.05) is 13.4 Å². The molecule has 0 amide bonds. The molecule has 250 valence electrons. The third-order valence-corrected chi connectivity index (χ3v) is 7.58. The summed E-state index contributed by atoms with van der Waals surface area (Å²) in [6.07, 6.45) is -13.0. The fraction of sp³-hybridized carbons (Fsp3) is 0.464. The van der Waals surface area contributed by atoms with Crippen LogP contribution in [0.2, 0.25) is 0 Å². The third kappa shape index (κ3) is 6.75. The Bertz CT molecular complexity index is 1500. The van der Waals surface area contributed by atoms with Gasteiger partial charge < -0.3 is 79.9 Å². The molecule has 0 radical (unpaired) electrons. The van der Waals surface area contributed by atoms with Crippen molar-refractivity contribution in [3.63, 3.8) is 0 Å². The smallest absolute Gasteiger partial charge is 0.231 e. The standard InChI is InChI=1S/C28H30O14.3H2O/c1-11-20(29)23(32)25(34)27(40-11)37-9-19-22(31)24(33)26(35)28(42-19)41-13-3-4-14-17(7-13)36-8-15(21(14)30)12-2-5-16-18(6-12)39-10-38-16;;;/h2-8,11,19-20,22-29,31-35H,9-10H2,1H3;3*1H2/t11-,19+,20-,22+,23+,24-,25+,26+,27+,28+;;;/m0.../s1. The highest BCUT2D eigenvalue weighted by molar-refractivity contribution is 5.83. The first-order valence-electron chi connectivity index (χ1n) is 13.3. The average Bonchev–Trinajstić information content (AvgIpc) is 3.46. The van der Waals surface area contributed by atoms with Crippen molar-refractivity contribution in [3.8, 4) is 28.4 Å². The summed E-state index contributed by atoms with van der Waals surface area (Å²) in [5.74, 6) is 1.23. The Labute approximate surface area is 254 Å². The number of benzene rings is 2. The van der Waals surface area contributed by atoms with Gasteiger partial charge in [-0.05, 0) is 36.8 Å². The molecule has 6 rings (SSSR count). The summed E-state index contributed by atoms with van der Waals surface area (Å²) < 4.78 is 38.7. The maximum atomic E-state index is 13.2. The number of aliphatic hydroxyl groups excluding tert-OH is 6. The number of rotatable bonds is 6. The van der Waals surface area contributed by atoms with Crippen LogP contribution in [0.15, 0.2) is 51.9 Å². The maximum absolute atomic E-state index is 13.2. The molecule has 45 heavy (non-hydrogen) atoms. The van der Waals surface area contributed by atoms with Crippen molar-refractivity contribution in [1.82, 2.24) is 0 Å². The molecule has 2 aromatic carbocycles. The first-order chi connectivity index (χ1) is 20.1. The predicted molar refractivity (Wildman–Crippen MR) is 151 cm³/mol. The molecule has 3 aliphatic rings. The molecule has 4 heterocycles. The van der Waals surface area contributed by atoms with Crippen molar-refractivity contribution < 1.29 is 79.9 Å². The minimum absolute atomic E-state index is 0. The van der Waals surface area contributed by atoms with Gasteiger partial charge in [0.1, 0.15) is 60.3 Å². The third-order valence-electron chi connectivity index (χ3n) is 7.58. The second kappa shape index (κ2) is 14.3. The molecule has 2 saturated heterocycles. The van der Waals surface area contributed by atoms with Gasteiger partial charge in [0.2, 0.25) is 13.1 Å². The largest absolute Gasteiger partial charge is 0.463 e. The van der Waals surface area contributed by atoms with Gasteiger partial charge in [-0.3, -0.25) is 4.79 Å². The lowest BCUT2D eigenvalue weighted by Crippen LogP contribution is -2.61. The van der Waals surface area contributed by atoms with Gasteiger partial charge in [-0.1, -0.05) is 6.07 Å². The van der Waals surface area contributed by atoms with E-state index in [9.17, 15) is 35.4 Å². The monoisotopic (exact) mass is 644 g/mol. The molecule has 0 aliphatic carbocycles. The van der Waals surface area contributed by atoms with Crippen LogP contribution in [0.5, 0.6) is 17.2 Å². The molecule has 1 aromatic heterocycles. The van der Waals surface area contributed by atoms with E-state index in [1.54, 1.807) is 18.2 Å². The Morgan fingerprint density at radius 2 is 1.47 bits per heavy atom. The fourth-order valence-electron chi connectivity index (χ4n) is 5.07. The van der Waals surface area contributed by atoms with Crippen molar-refractivity contribution in [2.45, 2.75) is 68.3 Å². The quantitative estimate of drug-likeness (QED) is 0.154. The lowest BCUT2D eigenvalue weighted by atomic mass is 9.98. The van der Waals surface area contributed by atoms with Gasteiger partial charge in [-0.25, -0.2) is 0 Å². The summed E-state index contributed by atoms with van der Waals surface area (Å²) in [6.45, 7) is 1.15. The number of fused-ring (bicyclic) bond motifs is 2.